The van der Waals surface area contributed by atoms with E-state index in [1.807, 2.05) is 20.8 Å². The molecule has 20 heavy (non-hydrogen) atoms. The van der Waals surface area contributed by atoms with Gasteiger partial charge in [-0.1, -0.05) is 0 Å². The molecule has 2 aliphatic rings. The van der Waals surface area contributed by atoms with Gasteiger partial charge in [0.15, 0.2) is 0 Å². The van der Waals surface area contributed by atoms with E-state index < -0.39 is 5.60 Å². The van der Waals surface area contributed by atoms with E-state index in [-0.39, 0.29) is 11.6 Å². The lowest BCUT2D eigenvalue weighted by atomic mass is 9.76. The van der Waals surface area contributed by atoms with Crippen LogP contribution >= 0.6 is 0 Å². The average Bonchev–Trinajstić information content (AvgIpc) is 2.75. The molecule has 1 aliphatic heterocycles. The maximum atomic E-state index is 11.9. The molecule has 1 unspecified atom stereocenters. The van der Waals surface area contributed by atoms with Crippen molar-refractivity contribution >= 4 is 6.09 Å². The average molecular weight is 284 g/mol. The van der Waals surface area contributed by atoms with Crippen molar-refractivity contribution in [2.45, 2.75) is 57.6 Å². The molecule has 2 fully saturated rings. The summed E-state index contributed by atoms with van der Waals surface area (Å²) in [4.78, 5) is 11.9. The third-order valence-electron chi connectivity index (χ3n) is 4.00. The second kappa shape index (κ2) is 6.31. The summed E-state index contributed by atoms with van der Waals surface area (Å²) in [6.45, 7) is 9.20. The number of rotatable bonds is 5. The Morgan fingerprint density at radius 2 is 2.15 bits per heavy atom. The molecule has 1 amide bonds. The van der Waals surface area contributed by atoms with Crippen LogP contribution in [0.1, 0.15) is 46.5 Å². The van der Waals surface area contributed by atoms with Crippen LogP contribution < -0.4 is 10.6 Å². The maximum Gasteiger partial charge on any atom is 0.408 e. The number of hydrogen-bond acceptors (Lipinski definition) is 4. The zero-order chi connectivity index (χ0) is 14.6. The molecule has 0 aromatic rings. The van der Waals surface area contributed by atoms with Gasteiger partial charge in [0, 0.05) is 19.7 Å². The van der Waals surface area contributed by atoms with Gasteiger partial charge in [0.2, 0.25) is 0 Å². The van der Waals surface area contributed by atoms with Crippen molar-refractivity contribution in [3.63, 3.8) is 0 Å². The SMILES string of the molecule is CC(C)(C)OC(=O)NC1(CNCC2CCOC2)CCC1. The summed E-state index contributed by atoms with van der Waals surface area (Å²) < 4.78 is 10.7. The normalized spacial score (nSPS) is 25.1. The highest BCUT2D eigenvalue weighted by molar-refractivity contribution is 5.69. The Bertz CT molecular complexity index is 329. The Morgan fingerprint density at radius 3 is 2.65 bits per heavy atom. The monoisotopic (exact) mass is 284 g/mol. The minimum Gasteiger partial charge on any atom is -0.444 e. The van der Waals surface area contributed by atoms with Gasteiger partial charge in [0.1, 0.15) is 5.60 Å². The summed E-state index contributed by atoms with van der Waals surface area (Å²) in [6.07, 6.45) is 4.06. The van der Waals surface area contributed by atoms with E-state index in [1.54, 1.807) is 0 Å². The summed E-state index contributed by atoms with van der Waals surface area (Å²) in [5.41, 5.74) is -0.550. The molecule has 5 nitrogen and oxygen atoms in total. The van der Waals surface area contributed by atoms with Crippen LogP contribution in [-0.4, -0.2) is 43.5 Å². The van der Waals surface area contributed by atoms with Crippen molar-refractivity contribution in [3.8, 4) is 0 Å². The molecule has 116 valence electrons. The topological polar surface area (TPSA) is 59.6 Å². The molecule has 5 heteroatoms. The first-order chi connectivity index (χ1) is 9.39. The molecular weight excluding hydrogens is 256 g/mol. The van der Waals surface area contributed by atoms with Gasteiger partial charge in [-0.05, 0) is 52.4 Å². The summed E-state index contributed by atoms with van der Waals surface area (Å²) in [7, 11) is 0. The lowest BCUT2D eigenvalue weighted by molar-refractivity contribution is 0.0381. The van der Waals surface area contributed by atoms with Gasteiger partial charge in [-0.3, -0.25) is 0 Å². The van der Waals surface area contributed by atoms with Crippen LogP contribution in [0.15, 0.2) is 0 Å². The Labute approximate surface area is 121 Å². The molecule has 1 saturated carbocycles. The highest BCUT2D eigenvalue weighted by atomic mass is 16.6. The quantitative estimate of drug-likeness (QED) is 0.811. The fraction of sp³-hybridized carbons (Fsp3) is 0.933. The Balaban J connectivity index is 1.72. The number of alkyl carbamates (subject to hydrolysis) is 1. The predicted molar refractivity (Wildman–Crippen MR) is 77.7 cm³/mol. The van der Waals surface area contributed by atoms with E-state index in [1.165, 1.54) is 6.42 Å². The van der Waals surface area contributed by atoms with Crippen LogP contribution in [0.5, 0.6) is 0 Å². The van der Waals surface area contributed by atoms with Crippen LogP contribution in [0.25, 0.3) is 0 Å². The van der Waals surface area contributed by atoms with Crippen molar-refractivity contribution in [2.75, 3.05) is 26.3 Å². The highest BCUT2D eigenvalue weighted by Crippen LogP contribution is 2.31. The second-order valence-electron chi connectivity index (χ2n) is 7.12. The van der Waals surface area contributed by atoms with E-state index in [4.69, 9.17) is 9.47 Å². The van der Waals surface area contributed by atoms with Gasteiger partial charge in [-0.2, -0.15) is 0 Å². The lowest BCUT2D eigenvalue weighted by Gasteiger charge is -2.43. The number of carbonyl (C=O) groups excluding carboxylic acids is 1. The first-order valence-corrected chi connectivity index (χ1v) is 7.68. The van der Waals surface area contributed by atoms with Crippen molar-refractivity contribution in [1.82, 2.24) is 10.6 Å². The van der Waals surface area contributed by atoms with Crippen LogP contribution in [-0.2, 0) is 9.47 Å². The van der Waals surface area contributed by atoms with Crippen LogP contribution in [0.2, 0.25) is 0 Å². The van der Waals surface area contributed by atoms with Crippen LogP contribution in [0, 0.1) is 5.92 Å². The maximum absolute atomic E-state index is 11.9. The number of ether oxygens (including phenoxy) is 2. The molecule has 2 N–H and O–H groups in total. The van der Waals surface area contributed by atoms with Crippen molar-refractivity contribution in [1.29, 1.82) is 0 Å². The second-order valence-corrected chi connectivity index (χ2v) is 7.12. The first kappa shape index (κ1) is 15.6. The minimum atomic E-state index is -0.441. The largest absolute Gasteiger partial charge is 0.444 e. The van der Waals surface area contributed by atoms with Gasteiger partial charge in [0.05, 0.1) is 12.1 Å². The molecule has 0 bridgehead atoms. The molecule has 1 saturated heterocycles. The standard InChI is InChI=1S/C15H28N2O3/c1-14(2,3)20-13(18)17-15(6-4-7-15)11-16-9-12-5-8-19-10-12/h12,16H,4-11H2,1-3H3,(H,17,18). The number of nitrogens with one attached hydrogen (secondary N) is 2. The Morgan fingerprint density at radius 1 is 1.40 bits per heavy atom. The fourth-order valence-corrected chi connectivity index (χ4v) is 2.73. The summed E-state index contributed by atoms with van der Waals surface area (Å²) in [5, 5.41) is 6.54. The number of carbonyl (C=O) groups is 1. The van der Waals surface area contributed by atoms with E-state index in [2.05, 4.69) is 10.6 Å². The van der Waals surface area contributed by atoms with E-state index >= 15 is 0 Å². The van der Waals surface area contributed by atoms with Gasteiger partial charge in [-0.25, -0.2) is 4.79 Å². The van der Waals surface area contributed by atoms with Crippen molar-refractivity contribution in [3.05, 3.63) is 0 Å². The highest BCUT2D eigenvalue weighted by Gasteiger charge is 2.39. The summed E-state index contributed by atoms with van der Waals surface area (Å²) in [6, 6.07) is 0. The number of amides is 1. The van der Waals surface area contributed by atoms with Gasteiger partial charge >= 0.3 is 6.09 Å². The zero-order valence-corrected chi connectivity index (χ0v) is 13.0. The van der Waals surface area contributed by atoms with E-state index in [9.17, 15) is 4.79 Å². The molecule has 2 rings (SSSR count). The molecule has 0 radical (unpaired) electrons. The first-order valence-electron chi connectivity index (χ1n) is 7.68. The molecule has 0 aromatic carbocycles. The van der Waals surface area contributed by atoms with E-state index in [0.717, 1.165) is 45.6 Å². The minimum absolute atomic E-state index is 0.109. The Kier molecular flexibility index (Phi) is 4.91. The molecule has 0 spiro atoms. The van der Waals surface area contributed by atoms with Gasteiger partial charge in [0.25, 0.3) is 0 Å². The van der Waals surface area contributed by atoms with Gasteiger partial charge in [-0.15, -0.1) is 0 Å². The molecule has 0 aromatic heterocycles. The molecule has 1 heterocycles. The summed E-state index contributed by atoms with van der Waals surface area (Å²) >= 11 is 0. The summed E-state index contributed by atoms with van der Waals surface area (Å²) in [5.74, 6) is 0.619. The predicted octanol–water partition coefficient (Wildman–Crippen LogP) is 2.06. The molecule has 1 atom stereocenters. The van der Waals surface area contributed by atoms with Crippen molar-refractivity contribution < 1.29 is 14.3 Å². The number of hydrogen-bond donors (Lipinski definition) is 2. The molecular formula is C15H28N2O3. The molecule has 1 aliphatic carbocycles. The third-order valence-corrected chi connectivity index (χ3v) is 4.00. The lowest BCUT2D eigenvalue weighted by Crippen LogP contribution is -2.60. The van der Waals surface area contributed by atoms with Crippen LogP contribution in [0.4, 0.5) is 4.79 Å². The Hall–Kier alpha value is -0.810. The fourth-order valence-electron chi connectivity index (χ4n) is 2.73. The van der Waals surface area contributed by atoms with Gasteiger partial charge < -0.3 is 20.1 Å². The van der Waals surface area contributed by atoms with Crippen LogP contribution in [0.3, 0.4) is 0 Å². The smallest absolute Gasteiger partial charge is 0.408 e. The van der Waals surface area contributed by atoms with E-state index in [0.29, 0.717) is 5.92 Å². The zero-order valence-electron chi connectivity index (χ0n) is 13.0. The van der Waals surface area contributed by atoms with Crippen molar-refractivity contribution in [2.24, 2.45) is 5.92 Å². The third kappa shape index (κ3) is 4.63.